The van der Waals surface area contributed by atoms with E-state index in [1.807, 2.05) is 33.6 Å². The SMILES string of the molecule is CN1CCCN(c2nc3c(cc2F)c(=O)c(C(=O)NCc2ccncc2)c2sc4ccccc4n23)CC1. The van der Waals surface area contributed by atoms with Gasteiger partial charge in [-0.15, -0.1) is 11.3 Å². The Kier molecular flexibility index (Phi) is 6.05. The first-order valence-corrected chi connectivity index (χ1v) is 13.0. The van der Waals surface area contributed by atoms with Crippen molar-refractivity contribution in [1.82, 2.24) is 24.6 Å². The third kappa shape index (κ3) is 4.21. The Labute approximate surface area is 216 Å². The van der Waals surface area contributed by atoms with Gasteiger partial charge in [0, 0.05) is 38.6 Å². The van der Waals surface area contributed by atoms with Gasteiger partial charge in [0.15, 0.2) is 17.3 Å². The van der Waals surface area contributed by atoms with Crippen molar-refractivity contribution in [3.05, 3.63) is 82.0 Å². The maximum Gasteiger partial charge on any atom is 0.258 e. The minimum absolute atomic E-state index is 0.00639. The molecule has 0 spiro atoms. The molecule has 6 rings (SSSR count). The maximum atomic E-state index is 15.5. The van der Waals surface area contributed by atoms with Gasteiger partial charge in [0.05, 0.1) is 15.6 Å². The van der Waals surface area contributed by atoms with Gasteiger partial charge in [0.25, 0.3) is 5.91 Å². The number of amides is 1. The fraction of sp³-hybridized carbons (Fsp3) is 0.259. The molecule has 5 heterocycles. The molecule has 188 valence electrons. The van der Waals surface area contributed by atoms with Crippen LogP contribution < -0.4 is 15.6 Å². The summed E-state index contributed by atoms with van der Waals surface area (Å²) in [6.45, 7) is 3.29. The Morgan fingerprint density at radius 3 is 2.76 bits per heavy atom. The largest absolute Gasteiger partial charge is 0.353 e. The lowest BCUT2D eigenvalue weighted by Gasteiger charge is -2.22. The van der Waals surface area contributed by atoms with Crippen LogP contribution in [0.5, 0.6) is 0 Å². The van der Waals surface area contributed by atoms with Crippen LogP contribution in [0.4, 0.5) is 10.2 Å². The number of nitrogens with zero attached hydrogens (tertiary/aromatic N) is 5. The van der Waals surface area contributed by atoms with Gasteiger partial charge >= 0.3 is 0 Å². The molecule has 1 fully saturated rings. The zero-order chi connectivity index (χ0) is 25.5. The molecule has 0 aliphatic carbocycles. The van der Waals surface area contributed by atoms with E-state index in [1.54, 1.807) is 24.5 Å². The van der Waals surface area contributed by atoms with E-state index in [2.05, 4.69) is 22.2 Å². The van der Waals surface area contributed by atoms with Gasteiger partial charge in [-0.1, -0.05) is 12.1 Å². The summed E-state index contributed by atoms with van der Waals surface area (Å²) in [5, 5.41) is 2.93. The van der Waals surface area contributed by atoms with Crippen molar-refractivity contribution in [1.29, 1.82) is 0 Å². The molecule has 10 heteroatoms. The molecule has 37 heavy (non-hydrogen) atoms. The number of rotatable bonds is 4. The Hall–Kier alpha value is -3.89. The number of halogens is 1. The highest BCUT2D eigenvalue weighted by Gasteiger charge is 2.25. The van der Waals surface area contributed by atoms with E-state index in [0.717, 1.165) is 35.3 Å². The first-order valence-electron chi connectivity index (χ1n) is 12.2. The summed E-state index contributed by atoms with van der Waals surface area (Å²) in [6.07, 6.45) is 4.18. The smallest absolute Gasteiger partial charge is 0.258 e. The zero-order valence-electron chi connectivity index (χ0n) is 20.3. The molecule has 1 saturated heterocycles. The molecule has 4 aromatic heterocycles. The molecule has 0 saturated carbocycles. The number of para-hydroxylation sites is 1. The third-order valence-electron chi connectivity index (χ3n) is 6.80. The number of likely N-dealkylation sites (N-methyl/N-ethyl adjacent to an activating group) is 1. The van der Waals surface area contributed by atoms with Crippen molar-refractivity contribution in [2.75, 3.05) is 38.1 Å². The van der Waals surface area contributed by atoms with Gasteiger partial charge in [0.1, 0.15) is 10.4 Å². The van der Waals surface area contributed by atoms with Gasteiger partial charge < -0.3 is 15.1 Å². The summed E-state index contributed by atoms with van der Waals surface area (Å²) >= 11 is 1.35. The molecule has 5 aromatic rings. The average Bonchev–Trinajstić information content (AvgIpc) is 3.15. The number of carbonyl (C=O) groups is 1. The molecular weight excluding hydrogens is 491 g/mol. The number of nitrogens with one attached hydrogen (secondary N) is 1. The van der Waals surface area contributed by atoms with Gasteiger partial charge in [-0.05, 0) is 55.9 Å². The molecule has 1 aromatic carbocycles. The molecule has 0 atom stereocenters. The number of fused-ring (bicyclic) bond motifs is 5. The molecule has 1 aliphatic rings. The first kappa shape index (κ1) is 23.5. The summed E-state index contributed by atoms with van der Waals surface area (Å²) in [5.74, 6) is -0.828. The summed E-state index contributed by atoms with van der Waals surface area (Å²) in [7, 11) is 2.05. The van der Waals surface area contributed by atoms with Gasteiger partial charge in [0.2, 0.25) is 5.43 Å². The lowest BCUT2D eigenvalue weighted by molar-refractivity contribution is 0.0951. The minimum Gasteiger partial charge on any atom is -0.353 e. The third-order valence-corrected chi connectivity index (χ3v) is 7.94. The second-order valence-corrected chi connectivity index (χ2v) is 10.3. The van der Waals surface area contributed by atoms with Crippen molar-refractivity contribution < 1.29 is 9.18 Å². The van der Waals surface area contributed by atoms with Crippen LogP contribution in [0.2, 0.25) is 0 Å². The Morgan fingerprint density at radius 2 is 1.92 bits per heavy atom. The molecule has 1 N–H and O–H groups in total. The van der Waals surface area contributed by atoms with E-state index in [9.17, 15) is 9.59 Å². The molecule has 0 radical (unpaired) electrons. The normalized spacial score (nSPS) is 14.9. The second-order valence-electron chi connectivity index (χ2n) is 9.26. The molecule has 0 unspecified atom stereocenters. The Balaban J connectivity index is 1.54. The van der Waals surface area contributed by atoms with Crippen molar-refractivity contribution in [2.45, 2.75) is 13.0 Å². The fourth-order valence-corrected chi connectivity index (χ4v) is 6.03. The fourth-order valence-electron chi connectivity index (χ4n) is 4.85. The average molecular weight is 517 g/mol. The van der Waals surface area contributed by atoms with Gasteiger partial charge in [-0.3, -0.25) is 19.0 Å². The van der Waals surface area contributed by atoms with E-state index < -0.39 is 17.2 Å². The summed E-state index contributed by atoms with van der Waals surface area (Å²) in [5.41, 5.74) is 1.50. The number of carbonyl (C=O) groups excluding carboxylic acids is 1. The summed E-state index contributed by atoms with van der Waals surface area (Å²) in [6, 6.07) is 12.5. The highest BCUT2D eigenvalue weighted by molar-refractivity contribution is 7.24. The lowest BCUT2D eigenvalue weighted by atomic mass is 10.1. The van der Waals surface area contributed by atoms with Crippen molar-refractivity contribution >= 4 is 49.1 Å². The van der Waals surface area contributed by atoms with Crippen LogP contribution in [-0.4, -0.2) is 58.4 Å². The van der Waals surface area contributed by atoms with Crippen LogP contribution in [0.3, 0.4) is 0 Å². The predicted molar refractivity (Wildman–Crippen MR) is 144 cm³/mol. The van der Waals surface area contributed by atoms with Gasteiger partial charge in [-0.2, -0.15) is 0 Å². The standard InChI is InChI=1S/C27H25FN6O2S/c1-32-11-4-12-33(14-13-32)25-19(28)15-18-23(35)22(26(36)30-16-17-7-9-29-10-8-17)27-34(24(18)31-25)20-5-2-3-6-21(20)37-27/h2-3,5-10,15H,4,11-14,16H2,1H3,(H,30,36). The van der Waals surface area contributed by atoms with Crippen molar-refractivity contribution in [2.24, 2.45) is 0 Å². The van der Waals surface area contributed by atoms with Crippen LogP contribution >= 0.6 is 11.3 Å². The maximum absolute atomic E-state index is 15.5. The molecule has 8 nitrogen and oxygen atoms in total. The van der Waals surface area contributed by atoms with Gasteiger partial charge in [-0.25, -0.2) is 9.37 Å². The number of benzene rings is 1. The van der Waals surface area contributed by atoms with Crippen LogP contribution in [-0.2, 0) is 6.54 Å². The molecule has 1 amide bonds. The number of pyridine rings is 3. The van der Waals surface area contributed by atoms with E-state index in [4.69, 9.17) is 4.98 Å². The van der Waals surface area contributed by atoms with Crippen LogP contribution in [0.25, 0.3) is 26.1 Å². The number of thiazole rings is 1. The lowest BCUT2D eigenvalue weighted by Crippen LogP contribution is -2.31. The zero-order valence-corrected chi connectivity index (χ0v) is 21.1. The first-order chi connectivity index (χ1) is 18.0. The Morgan fingerprint density at radius 1 is 1.11 bits per heavy atom. The van der Waals surface area contributed by atoms with E-state index in [0.29, 0.717) is 23.6 Å². The highest BCUT2D eigenvalue weighted by Crippen LogP contribution is 2.32. The van der Waals surface area contributed by atoms with E-state index in [-0.39, 0.29) is 23.3 Å². The molecular formula is C27H25FN6O2S. The molecule has 1 aliphatic heterocycles. The number of anilines is 1. The minimum atomic E-state index is -0.559. The van der Waals surface area contributed by atoms with Crippen LogP contribution in [0.1, 0.15) is 22.3 Å². The highest BCUT2D eigenvalue weighted by atomic mass is 32.1. The Bertz CT molecular complexity index is 1700. The summed E-state index contributed by atoms with van der Waals surface area (Å²) in [4.78, 5) is 40.5. The monoisotopic (exact) mass is 516 g/mol. The molecule has 0 bridgehead atoms. The van der Waals surface area contributed by atoms with E-state index >= 15 is 4.39 Å². The van der Waals surface area contributed by atoms with E-state index in [1.165, 1.54) is 17.4 Å². The van der Waals surface area contributed by atoms with Crippen LogP contribution in [0.15, 0.2) is 59.7 Å². The number of hydrogen-bond donors (Lipinski definition) is 1. The number of aromatic nitrogens is 3. The topological polar surface area (TPSA) is 82.8 Å². The second kappa shape index (κ2) is 9.53. The quantitative estimate of drug-likeness (QED) is 0.393. The van der Waals surface area contributed by atoms with Crippen molar-refractivity contribution in [3.63, 3.8) is 0 Å². The predicted octanol–water partition coefficient (Wildman–Crippen LogP) is 3.67. The van der Waals surface area contributed by atoms with Crippen molar-refractivity contribution in [3.8, 4) is 0 Å². The number of hydrogen-bond acceptors (Lipinski definition) is 7. The summed E-state index contributed by atoms with van der Waals surface area (Å²) < 4.78 is 18.2. The van der Waals surface area contributed by atoms with Crippen LogP contribution in [0, 0.1) is 5.82 Å².